The van der Waals surface area contributed by atoms with E-state index >= 15 is 0 Å². The summed E-state index contributed by atoms with van der Waals surface area (Å²) in [5.41, 5.74) is 3.53. The molecule has 0 bridgehead atoms. The number of ether oxygens (including phenoxy) is 1. The maximum absolute atomic E-state index is 12.7. The first-order valence-corrected chi connectivity index (χ1v) is 13.7. The van der Waals surface area contributed by atoms with Crippen LogP contribution in [0, 0.1) is 6.92 Å². The summed E-state index contributed by atoms with van der Waals surface area (Å²) in [7, 11) is 0. The van der Waals surface area contributed by atoms with Gasteiger partial charge in [-0.15, -0.1) is 0 Å². The predicted octanol–water partition coefficient (Wildman–Crippen LogP) is 4.59. The third-order valence-corrected chi connectivity index (χ3v) is 7.73. The van der Waals surface area contributed by atoms with Crippen molar-refractivity contribution in [1.82, 2.24) is 25.1 Å². The Morgan fingerprint density at radius 2 is 1.79 bits per heavy atom. The number of nitrogens with zero attached hydrogens (tertiary/aromatic N) is 6. The summed E-state index contributed by atoms with van der Waals surface area (Å²) >= 11 is 3.50. The summed E-state index contributed by atoms with van der Waals surface area (Å²) < 4.78 is 44.5. The first-order valence-electron chi connectivity index (χ1n) is 12.9. The van der Waals surface area contributed by atoms with E-state index in [1.165, 1.54) is 19.2 Å². The number of anilines is 3. The maximum atomic E-state index is 12.7. The zero-order chi connectivity index (χ0) is 26.7. The zero-order valence-electron chi connectivity index (χ0n) is 21.3. The Balaban J connectivity index is 1.31. The molecule has 4 heterocycles. The van der Waals surface area contributed by atoms with Crippen LogP contribution < -0.4 is 19.9 Å². The molecule has 2 aliphatic rings. The van der Waals surface area contributed by atoms with E-state index in [1.807, 2.05) is 12.1 Å². The monoisotopic (exact) mass is 596 g/mol. The summed E-state index contributed by atoms with van der Waals surface area (Å²) in [5.74, 6) is 1.27. The van der Waals surface area contributed by atoms with Crippen LogP contribution >= 0.6 is 15.9 Å². The summed E-state index contributed by atoms with van der Waals surface area (Å²) in [6, 6.07) is 3.69. The van der Waals surface area contributed by atoms with Gasteiger partial charge >= 0.3 is 6.18 Å². The number of H-pyrrole nitrogens is 1. The summed E-state index contributed by atoms with van der Waals surface area (Å²) in [4.78, 5) is 15.6. The second kappa shape index (κ2) is 11.5. The lowest BCUT2D eigenvalue weighted by Gasteiger charge is -2.38. The van der Waals surface area contributed by atoms with E-state index in [1.54, 1.807) is 0 Å². The minimum absolute atomic E-state index is 0.406. The molecule has 5 rings (SSSR count). The van der Waals surface area contributed by atoms with Crippen molar-refractivity contribution in [3.63, 3.8) is 0 Å². The van der Waals surface area contributed by atoms with Gasteiger partial charge in [0.2, 0.25) is 0 Å². The van der Waals surface area contributed by atoms with Gasteiger partial charge in [0, 0.05) is 62.8 Å². The van der Waals surface area contributed by atoms with Crippen molar-refractivity contribution in [1.29, 1.82) is 0 Å². The predicted molar refractivity (Wildman–Crippen MR) is 145 cm³/mol. The number of aromatic amines is 1. The fourth-order valence-corrected chi connectivity index (χ4v) is 5.56. The van der Waals surface area contributed by atoms with E-state index in [0.717, 1.165) is 85.1 Å². The van der Waals surface area contributed by atoms with Crippen LogP contribution in [0.25, 0.3) is 11.0 Å². The molecule has 2 N–H and O–H groups in total. The van der Waals surface area contributed by atoms with Crippen LogP contribution in [0.5, 0.6) is 5.75 Å². The molecule has 9 nitrogen and oxygen atoms in total. The number of nitrogens with one attached hydrogen (secondary N) is 2. The van der Waals surface area contributed by atoms with E-state index in [-0.39, 0.29) is 0 Å². The Morgan fingerprint density at radius 3 is 2.53 bits per heavy atom. The Morgan fingerprint density at radius 1 is 1.05 bits per heavy atom. The Bertz CT molecular complexity index is 1240. The minimum atomic E-state index is -4.25. The summed E-state index contributed by atoms with van der Waals surface area (Å²) in [6.45, 7) is 8.47. The van der Waals surface area contributed by atoms with Gasteiger partial charge in [-0.3, -0.25) is 5.10 Å². The van der Waals surface area contributed by atoms with Crippen LogP contribution in [-0.2, 0) is 0 Å². The van der Waals surface area contributed by atoms with Gasteiger partial charge in [-0.05, 0) is 54.3 Å². The molecule has 0 amide bonds. The molecule has 0 radical (unpaired) electrons. The van der Waals surface area contributed by atoms with Crippen molar-refractivity contribution in [3.8, 4) is 5.75 Å². The molecule has 2 fully saturated rings. The minimum Gasteiger partial charge on any atom is -0.493 e. The highest BCUT2D eigenvalue weighted by Gasteiger charge is 2.28. The third kappa shape index (κ3) is 6.25. The van der Waals surface area contributed by atoms with E-state index in [0.29, 0.717) is 11.4 Å². The number of hydrogen-bond acceptors (Lipinski definition) is 8. The van der Waals surface area contributed by atoms with Crippen molar-refractivity contribution in [3.05, 3.63) is 28.6 Å². The topological polar surface area (TPSA) is 85.4 Å². The van der Waals surface area contributed by atoms with Crippen LogP contribution in [-0.4, -0.2) is 90.2 Å². The number of halogens is 4. The smallest absolute Gasteiger partial charge is 0.392 e. The number of aromatic nitrogens is 4. The Hall–Kier alpha value is -2.80. The van der Waals surface area contributed by atoms with Crippen molar-refractivity contribution >= 4 is 44.2 Å². The largest absolute Gasteiger partial charge is 0.493 e. The number of piperazine rings is 1. The van der Waals surface area contributed by atoms with Gasteiger partial charge in [0.15, 0.2) is 5.65 Å². The Labute approximate surface area is 227 Å². The number of rotatable bonds is 9. The molecular formula is C25H32BrF3N8O. The highest BCUT2D eigenvalue weighted by Crippen LogP contribution is 2.35. The number of alkyl halides is 3. The van der Waals surface area contributed by atoms with Crippen molar-refractivity contribution in [2.45, 2.75) is 32.4 Å². The summed E-state index contributed by atoms with van der Waals surface area (Å²) in [5, 5.41) is 11.5. The Kier molecular flexibility index (Phi) is 8.12. The number of benzene rings is 1. The lowest BCUT2D eigenvalue weighted by Crippen LogP contribution is -2.47. The van der Waals surface area contributed by atoms with Crippen LogP contribution in [0.2, 0.25) is 0 Å². The van der Waals surface area contributed by atoms with Gasteiger partial charge in [0.25, 0.3) is 0 Å². The van der Waals surface area contributed by atoms with E-state index in [9.17, 15) is 13.2 Å². The van der Waals surface area contributed by atoms with Gasteiger partial charge in [-0.25, -0.2) is 9.97 Å². The molecule has 0 aliphatic carbocycles. The molecule has 2 aliphatic heterocycles. The van der Waals surface area contributed by atoms with Gasteiger partial charge < -0.3 is 24.8 Å². The lowest BCUT2D eigenvalue weighted by atomic mass is 10.1. The van der Waals surface area contributed by atoms with Gasteiger partial charge in [0.05, 0.1) is 18.4 Å². The average molecular weight is 597 g/mol. The van der Waals surface area contributed by atoms with Gasteiger partial charge in [-0.2, -0.15) is 18.3 Å². The van der Waals surface area contributed by atoms with Gasteiger partial charge in [0.1, 0.15) is 22.5 Å². The quantitative estimate of drug-likeness (QED) is 0.371. The number of hydrogen-bond donors (Lipinski definition) is 2. The van der Waals surface area contributed by atoms with Crippen LogP contribution in [0.4, 0.5) is 30.4 Å². The van der Waals surface area contributed by atoms with Crippen LogP contribution in [0.3, 0.4) is 0 Å². The normalized spacial score (nSPS) is 17.0. The molecule has 0 unspecified atom stereocenters. The SMILES string of the molecule is Cc1c(NCCN2CCCC2)cc(OCCC(F)(F)F)cc1N1CCN(c2ncnc3n[nH]c(Br)c23)CC1. The maximum Gasteiger partial charge on any atom is 0.392 e. The second-order valence-electron chi connectivity index (χ2n) is 9.71. The molecule has 0 spiro atoms. The fourth-order valence-electron chi connectivity index (χ4n) is 5.11. The summed E-state index contributed by atoms with van der Waals surface area (Å²) in [6.07, 6.45) is -1.25. The lowest BCUT2D eigenvalue weighted by molar-refractivity contribution is -0.139. The van der Waals surface area contributed by atoms with Crippen molar-refractivity contribution in [2.24, 2.45) is 0 Å². The second-order valence-corrected chi connectivity index (χ2v) is 10.5. The van der Waals surface area contributed by atoms with Crippen molar-refractivity contribution in [2.75, 3.05) is 74.1 Å². The first-order chi connectivity index (χ1) is 18.3. The molecular weight excluding hydrogens is 565 g/mol. The third-order valence-electron chi connectivity index (χ3n) is 7.16. The molecule has 13 heteroatoms. The average Bonchev–Trinajstić information content (AvgIpc) is 3.55. The van der Waals surface area contributed by atoms with Gasteiger partial charge in [-0.1, -0.05) is 0 Å². The highest BCUT2D eigenvalue weighted by atomic mass is 79.9. The number of likely N-dealkylation sites (tertiary alicyclic amines) is 1. The van der Waals surface area contributed by atoms with E-state index < -0.39 is 19.2 Å². The molecule has 2 saturated heterocycles. The molecule has 206 valence electrons. The first kappa shape index (κ1) is 26.8. The molecule has 38 heavy (non-hydrogen) atoms. The van der Waals surface area contributed by atoms with Crippen LogP contribution in [0.1, 0.15) is 24.8 Å². The van der Waals surface area contributed by atoms with E-state index in [2.05, 4.69) is 63.0 Å². The molecule has 2 aromatic heterocycles. The van der Waals surface area contributed by atoms with Crippen LogP contribution in [0.15, 0.2) is 23.1 Å². The highest BCUT2D eigenvalue weighted by molar-refractivity contribution is 9.10. The molecule has 0 saturated carbocycles. The molecule has 3 aromatic rings. The number of fused-ring (bicyclic) bond motifs is 1. The standard InChI is InChI=1S/C25H32BrF3N8O/c1-17-19(30-5-8-35-6-2-3-7-35)14-18(38-13-4-25(27,28)29)15-20(17)36-9-11-37(12-10-36)24-21-22(26)33-34-23(21)31-16-32-24/h14-16,30H,2-13H2,1H3,(H,31,32,33,34). The zero-order valence-corrected chi connectivity index (χ0v) is 22.9. The molecule has 0 atom stereocenters. The fraction of sp³-hybridized carbons (Fsp3) is 0.560. The van der Waals surface area contributed by atoms with E-state index in [4.69, 9.17) is 4.74 Å². The molecule has 1 aromatic carbocycles. The van der Waals surface area contributed by atoms with Crippen molar-refractivity contribution < 1.29 is 17.9 Å².